The number of ether oxygens (including phenoxy) is 1. The van der Waals surface area contributed by atoms with Crippen LogP contribution in [0.1, 0.15) is 40.0 Å². The summed E-state index contributed by atoms with van der Waals surface area (Å²) in [4.78, 5) is 15.1. The first kappa shape index (κ1) is 31.4. The van der Waals surface area contributed by atoms with Crippen molar-refractivity contribution in [2.45, 2.75) is 44.9 Å². The minimum absolute atomic E-state index is 0.156. The standard InChI is InChI=1S/C31H33N3O8S2/c1-21-29(30(35)34(32-21)24-12-14-25(15-13-24)44(39,40)41)23-18-22(19-31(2,3)20-23)8-6-11-28-33(16-7-17-43(36,37)38)26-9-4-5-10-27(26)42-28/h4-6,8-15,18H,7,16-17,19-20H2,1-3H3,(H,36,37,38)(H,39,40,41)/b8-6?,28-11?,29-23-. The third-order valence-corrected chi connectivity index (χ3v) is 9.07. The van der Waals surface area contributed by atoms with Gasteiger partial charge in [0.1, 0.15) is 0 Å². The third-order valence-electron chi connectivity index (χ3n) is 7.40. The van der Waals surface area contributed by atoms with E-state index in [4.69, 9.17) is 9.29 Å². The SMILES string of the molecule is CC1=NN(c2ccc(S(=O)(=O)O)cc2)C(=O)/C1=C1/C=C(C=CC=C2Oc3ccccc3N2CCCS(=O)(=O)O)CC(C)(C)C1. The molecule has 11 nitrogen and oxygen atoms in total. The van der Waals surface area contributed by atoms with Crippen LogP contribution in [0.2, 0.25) is 0 Å². The van der Waals surface area contributed by atoms with Crippen LogP contribution < -0.4 is 14.6 Å². The molecule has 0 saturated heterocycles. The summed E-state index contributed by atoms with van der Waals surface area (Å²) in [5, 5.41) is 5.67. The Bertz CT molecular complexity index is 1870. The van der Waals surface area contributed by atoms with Crippen LogP contribution in [0, 0.1) is 5.41 Å². The fourth-order valence-corrected chi connectivity index (χ4v) is 6.57. The van der Waals surface area contributed by atoms with Crippen molar-refractivity contribution in [2.75, 3.05) is 22.2 Å². The van der Waals surface area contributed by atoms with Crippen LogP contribution in [-0.4, -0.2) is 49.9 Å². The summed E-state index contributed by atoms with van der Waals surface area (Å²) in [5.41, 5.74) is 3.89. The van der Waals surface area contributed by atoms with Crippen LogP contribution in [0.3, 0.4) is 0 Å². The van der Waals surface area contributed by atoms with Gasteiger partial charge in [-0.05, 0) is 85.2 Å². The predicted molar refractivity (Wildman–Crippen MR) is 168 cm³/mol. The third kappa shape index (κ3) is 7.02. The molecule has 0 radical (unpaired) electrons. The molecule has 13 heteroatoms. The molecule has 0 saturated carbocycles. The molecule has 2 N–H and O–H groups in total. The van der Waals surface area contributed by atoms with Gasteiger partial charge in [-0.25, -0.2) is 0 Å². The predicted octanol–water partition coefficient (Wildman–Crippen LogP) is 5.27. The Labute approximate surface area is 257 Å². The monoisotopic (exact) mass is 639 g/mol. The maximum atomic E-state index is 13.5. The highest BCUT2D eigenvalue weighted by atomic mass is 32.2. The average molecular weight is 640 g/mol. The lowest BCUT2D eigenvalue weighted by molar-refractivity contribution is -0.114. The molecule has 1 amide bonds. The van der Waals surface area contributed by atoms with E-state index in [0.29, 0.717) is 41.6 Å². The number of hydrogen-bond acceptors (Lipinski definition) is 8. The molecule has 232 valence electrons. The molecule has 0 atom stereocenters. The Hall–Kier alpha value is -4.04. The lowest BCUT2D eigenvalue weighted by atomic mass is 9.73. The maximum absolute atomic E-state index is 13.5. The second kappa shape index (κ2) is 11.8. The first-order valence-corrected chi connectivity index (χ1v) is 17.0. The van der Waals surface area contributed by atoms with Crippen molar-refractivity contribution in [3.05, 3.63) is 95.4 Å². The zero-order valence-electron chi connectivity index (χ0n) is 24.5. The molecular formula is C31H33N3O8S2. The Balaban J connectivity index is 1.40. The molecule has 3 aliphatic rings. The van der Waals surface area contributed by atoms with Gasteiger partial charge in [0.2, 0.25) is 5.88 Å². The van der Waals surface area contributed by atoms with Gasteiger partial charge in [-0.15, -0.1) is 0 Å². The van der Waals surface area contributed by atoms with Crippen molar-refractivity contribution in [3.63, 3.8) is 0 Å². The molecule has 1 aliphatic carbocycles. The fraction of sp³-hybridized carbons (Fsp3) is 0.290. The van der Waals surface area contributed by atoms with Gasteiger partial charge in [0.25, 0.3) is 26.1 Å². The second-order valence-electron chi connectivity index (χ2n) is 11.6. The van der Waals surface area contributed by atoms with Crippen LogP contribution in [0.15, 0.2) is 105 Å². The number of rotatable bonds is 8. The van der Waals surface area contributed by atoms with Gasteiger partial charge in [-0.2, -0.15) is 26.9 Å². The van der Waals surface area contributed by atoms with E-state index in [-0.39, 0.29) is 28.4 Å². The molecule has 0 unspecified atom stereocenters. The van der Waals surface area contributed by atoms with E-state index in [0.717, 1.165) is 23.3 Å². The van der Waals surface area contributed by atoms with Gasteiger partial charge in [0, 0.05) is 6.54 Å². The van der Waals surface area contributed by atoms with Gasteiger partial charge in [0.05, 0.1) is 33.3 Å². The van der Waals surface area contributed by atoms with Gasteiger partial charge in [0.15, 0.2) is 5.75 Å². The van der Waals surface area contributed by atoms with Crippen LogP contribution in [0.4, 0.5) is 11.4 Å². The zero-order valence-corrected chi connectivity index (χ0v) is 26.1. The Morgan fingerprint density at radius 2 is 1.73 bits per heavy atom. The van der Waals surface area contributed by atoms with Crippen molar-refractivity contribution in [1.29, 1.82) is 0 Å². The Morgan fingerprint density at radius 1 is 1.02 bits per heavy atom. The number of anilines is 2. The van der Waals surface area contributed by atoms with Gasteiger partial charge in [-0.3, -0.25) is 13.9 Å². The summed E-state index contributed by atoms with van der Waals surface area (Å²) in [6.07, 6.45) is 9.22. The number of allylic oxidation sites excluding steroid dienone is 6. The molecule has 0 fully saturated rings. The highest BCUT2D eigenvalue weighted by molar-refractivity contribution is 7.86. The number of nitrogens with zero attached hydrogens (tertiary/aromatic N) is 3. The van der Waals surface area contributed by atoms with E-state index in [2.05, 4.69) is 18.9 Å². The number of fused-ring (bicyclic) bond motifs is 1. The van der Waals surface area contributed by atoms with Crippen LogP contribution in [0.25, 0.3) is 0 Å². The quantitative estimate of drug-likeness (QED) is 0.290. The average Bonchev–Trinajstić information content (AvgIpc) is 3.42. The molecule has 5 rings (SSSR count). The summed E-state index contributed by atoms with van der Waals surface area (Å²) in [6.45, 7) is 6.34. The number of para-hydroxylation sites is 2. The van der Waals surface area contributed by atoms with E-state index in [1.807, 2.05) is 47.4 Å². The van der Waals surface area contributed by atoms with Crippen molar-refractivity contribution < 1.29 is 35.5 Å². The minimum Gasteiger partial charge on any atom is -0.439 e. The normalized spacial score (nSPS) is 21.1. The van der Waals surface area contributed by atoms with Crippen molar-refractivity contribution in [2.24, 2.45) is 10.5 Å². The largest absolute Gasteiger partial charge is 0.439 e. The first-order valence-electron chi connectivity index (χ1n) is 13.9. The highest BCUT2D eigenvalue weighted by Gasteiger charge is 2.35. The van der Waals surface area contributed by atoms with E-state index in [1.165, 1.54) is 29.3 Å². The summed E-state index contributed by atoms with van der Waals surface area (Å²) in [6, 6.07) is 12.7. The highest BCUT2D eigenvalue weighted by Crippen LogP contribution is 2.42. The smallest absolute Gasteiger partial charge is 0.294 e. The number of carbonyl (C=O) groups excluding carboxylic acids is 1. The molecule has 0 aromatic heterocycles. The maximum Gasteiger partial charge on any atom is 0.294 e. The van der Waals surface area contributed by atoms with Crippen molar-refractivity contribution in [1.82, 2.24) is 0 Å². The zero-order chi connectivity index (χ0) is 31.9. The van der Waals surface area contributed by atoms with E-state index >= 15 is 0 Å². The summed E-state index contributed by atoms with van der Waals surface area (Å²) < 4.78 is 69.7. The molecule has 2 aliphatic heterocycles. The van der Waals surface area contributed by atoms with Crippen LogP contribution in [-0.2, 0) is 25.0 Å². The van der Waals surface area contributed by atoms with E-state index in [1.54, 1.807) is 13.0 Å². The number of benzene rings is 2. The molecule has 2 heterocycles. The summed E-state index contributed by atoms with van der Waals surface area (Å²) in [5.74, 6) is 0.490. The number of hydrogen-bond donors (Lipinski definition) is 2. The molecule has 44 heavy (non-hydrogen) atoms. The van der Waals surface area contributed by atoms with Crippen LogP contribution >= 0.6 is 0 Å². The number of carbonyl (C=O) groups is 1. The molecule has 2 aromatic rings. The van der Waals surface area contributed by atoms with E-state index < -0.39 is 20.2 Å². The number of amides is 1. The first-order chi connectivity index (χ1) is 20.6. The van der Waals surface area contributed by atoms with Gasteiger partial charge >= 0.3 is 0 Å². The van der Waals surface area contributed by atoms with Crippen LogP contribution in [0.5, 0.6) is 5.75 Å². The Morgan fingerprint density at radius 3 is 2.41 bits per heavy atom. The van der Waals surface area contributed by atoms with Gasteiger partial charge < -0.3 is 9.64 Å². The second-order valence-corrected chi connectivity index (χ2v) is 14.6. The molecule has 0 spiro atoms. The lowest BCUT2D eigenvalue weighted by Gasteiger charge is -2.31. The molecule has 0 bridgehead atoms. The number of hydrazone groups is 1. The lowest BCUT2D eigenvalue weighted by Crippen LogP contribution is -2.24. The molecule has 2 aromatic carbocycles. The van der Waals surface area contributed by atoms with Gasteiger partial charge in [-0.1, -0.05) is 44.2 Å². The Kier molecular flexibility index (Phi) is 8.42. The topological polar surface area (TPSA) is 154 Å². The minimum atomic E-state index is -4.36. The summed E-state index contributed by atoms with van der Waals surface area (Å²) >= 11 is 0. The van der Waals surface area contributed by atoms with Crippen molar-refractivity contribution in [3.8, 4) is 5.75 Å². The van der Waals surface area contributed by atoms with Crippen molar-refractivity contribution >= 4 is 43.2 Å². The summed E-state index contributed by atoms with van der Waals surface area (Å²) in [7, 11) is -8.44. The fourth-order valence-electron chi connectivity index (χ4n) is 5.60. The molecular weight excluding hydrogens is 606 g/mol. The van der Waals surface area contributed by atoms with E-state index in [9.17, 15) is 26.2 Å².